The Hall–Kier alpha value is -1.65. The first kappa shape index (κ1) is 15.7. The van der Waals surface area contributed by atoms with Crippen molar-refractivity contribution in [2.24, 2.45) is 0 Å². The summed E-state index contributed by atoms with van der Waals surface area (Å²) in [4.78, 5) is 13.5. The number of benzene rings is 1. The van der Waals surface area contributed by atoms with Gasteiger partial charge in [0.1, 0.15) is 0 Å². The lowest BCUT2D eigenvalue weighted by molar-refractivity contribution is -0.114. The first-order valence-corrected chi connectivity index (χ1v) is 7.50. The fourth-order valence-electron chi connectivity index (χ4n) is 2.83. The molecule has 1 aromatic rings. The number of fused-ring (bicyclic) bond motifs is 1. The van der Waals surface area contributed by atoms with E-state index in [1.54, 1.807) is 0 Å². The smallest absolute Gasteiger partial charge is 0.221 e. The van der Waals surface area contributed by atoms with E-state index in [-0.39, 0.29) is 12.0 Å². The van der Waals surface area contributed by atoms with Crippen LogP contribution in [-0.4, -0.2) is 35.1 Å². The van der Waals surface area contributed by atoms with Crippen LogP contribution < -0.4 is 5.32 Å². The lowest BCUT2D eigenvalue weighted by atomic mass is 9.97. The highest BCUT2D eigenvalue weighted by molar-refractivity contribution is 5.89. The zero-order chi connectivity index (χ0) is 15.2. The average molecular weight is 288 g/mol. The molecule has 4 nitrogen and oxygen atoms in total. The minimum Gasteiger partial charge on any atom is -0.392 e. The molecule has 21 heavy (non-hydrogen) atoms. The molecule has 114 valence electrons. The number of nitrogens with one attached hydrogen (secondary N) is 1. The number of aliphatic hydroxyl groups is 1. The molecular weight excluding hydrogens is 264 g/mol. The fourth-order valence-corrected chi connectivity index (χ4v) is 2.83. The third-order valence-corrected chi connectivity index (χ3v) is 3.83. The number of amides is 1. The van der Waals surface area contributed by atoms with E-state index in [0.717, 1.165) is 38.0 Å². The third-order valence-electron chi connectivity index (χ3n) is 3.83. The van der Waals surface area contributed by atoms with Crippen LogP contribution in [0.4, 0.5) is 5.69 Å². The van der Waals surface area contributed by atoms with Crippen molar-refractivity contribution < 1.29 is 9.90 Å². The first-order valence-electron chi connectivity index (χ1n) is 7.50. The van der Waals surface area contributed by atoms with Crippen LogP contribution in [0.15, 0.2) is 30.9 Å². The summed E-state index contributed by atoms with van der Waals surface area (Å²) in [6.07, 6.45) is 4.05. The number of carbonyl (C=O) groups is 1. The summed E-state index contributed by atoms with van der Waals surface area (Å²) in [5.74, 6) is -0.0364. The number of hydrogen-bond donors (Lipinski definition) is 2. The van der Waals surface area contributed by atoms with Crippen LogP contribution in [0.5, 0.6) is 0 Å². The molecule has 2 N–H and O–H groups in total. The van der Waals surface area contributed by atoms with E-state index < -0.39 is 0 Å². The zero-order valence-corrected chi connectivity index (χ0v) is 12.6. The minimum atomic E-state index is -0.303. The maximum absolute atomic E-state index is 11.2. The topological polar surface area (TPSA) is 52.6 Å². The Morgan fingerprint density at radius 1 is 1.57 bits per heavy atom. The van der Waals surface area contributed by atoms with Gasteiger partial charge < -0.3 is 10.4 Å². The SMILES string of the molecule is C=CCCC(O)CN1CCc2c(cccc2NC(C)=O)C1. The predicted octanol–water partition coefficient (Wildman–Crippen LogP) is 2.33. The van der Waals surface area contributed by atoms with Gasteiger partial charge in [-0.1, -0.05) is 18.2 Å². The Labute approximate surface area is 126 Å². The highest BCUT2D eigenvalue weighted by Crippen LogP contribution is 2.26. The normalized spacial score (nSPS) is 16.1. The lowest BCUT2D eigenvalue weighted by Crippen LogP contribution is -2.37. The fraction of sp³-hybridized carbons (Fsp3) is 0.471. The van der Waals surface area contributed by atoms with Gasteiger partial charge in [-0.2, -0.15) is 0 Å². The molecule has 1 heterocycles. The summed E-state index contributed by atoms with van der Waals surface area (Å²) in [6, 6.07) is 6.03. The molecule has 4 heteroatoms. The molecule has 0 bridgehead atoms. The summed E-state index contributed by atoms with van der Waals surface area (Å²) < 4.78 is 0. The Bertz CT molecular complexity index is 514. The van der Waals surface area contributed by atoms with Crippen LogP contribution in [0.3, 0.4) is 0 Å². The monoisotopic (exact) mass is 288 g/mol. The Kier molecular flexibility index (Phi) is 5.53. The molecular formula is C17H24N2O2. The van der Waals surface area contributed by atoms with E-state index in [0.29, 0.717) is 6.54 Å². The molecule has 0 saturated carbocycles. The molecule has 0 saturated heterocycles. The molecule has 1 aromatic carbocycles. The Balaban J connectivity index is 2.00. The van der Waals surface area contributed by atoms with E-state index in [4.69, 9.17) is 0 Å². The van der Waals surface area contributed by atoms with Gasteiger partial charge >= 0.3 is 0 Å². The number of allylic oxidation sites excluding steroid dienone is 1. The first-order chi connectivity index (χ1) is 10.1. The van der Waals surface area contributed by atoms with Gasteiger partial charge in [0.25, 0.3) is 0 Å². The lowest BCUT2D eigenvalue weighted by Gasteiger charge is -2.31. The number of carbonyl (C=O) groups excluding carboxylic acids is 1. The second-order valence-corrected chi connectivity index (χ2v) is 5.63. The Morgan fingerprint density at radius 2 is 2.38 bits per heavy atom. The number of hydrogen-bond acceptors (Lipinski definition) is 3. The summed E-state index contributed by atoms with van der Waals surface area (Å²) >= 11 is 0. The number of nitrogens with zero attached hydrogens (tertiary/aromatic N) is 1. The van der Waals surface area contributed by atoms with E-state index in [2.05, 4.69) is 22.9 Å². The van der Waals surface area contributed by atoms with Crippen LogP contribution in [0.25, 0.3) is 0 Å². The molecule has 0 spiro atoms. The average Bonchev–Trinajstić information content (AvgIpc) is 2.44. The van der Waals surface area contributed by atoms with Crippen molar-refractivity contribution in [1.82, 2.24) is 4.90 Å². The molecule has 2 rings (SSSR count). The second kappa shape index (κ2) is 7.38. The van der Waals surface area contributed by atoms with Crippen molar-refractivity contribution in [2.45, 2.75) is 38.8 Å². The molecule has 0 radical (unpaired) electrons. The molecule has 1 atom stereocenters. The van der Waals surface area contributed by atoms with Gasteiger partial charge in [0.15, 0.2) is 0 Å². The molecule has 1 amide bonds. The summed E-state index contributed by atoms with van der Waals surface area (Å²) in [5.41, 5.74) is 3.39. The van der Waals surface area contributed by atoms with Gasteiger partial charge in [-0.15, -0.1) is 6.58 Å². The van der Waals surface area contributed by atoms with Crippen LogP contribution >= 0.6 is 0 Å². The van der Waals surface area contributed by atoms with Gasteiger partial charge in [-0.05, 0) is 36.5 Å². The van der Waals surface area contributed by atoms with Crippen LogP contribution in [0, 0.1) is 0 Å². The zero-order valence-electron chi connectivity index (χ0n) is 12.6. The largest absolute Gasteiger partial charge is 0.392 e. The van der Waals surface area contributed by atoms with E-state index in [9.17, 15) is 9.90 Å². The van der Waals surface area contributed by atoms with E-state index in [1.165, 1.54) is 18.1 Å². The van der Waals surface area contributed by atoms with Gasteiger partial charge in [-0.25, -0.2) is 0 Å². The molecule has 0 fully saturated rings. The second-order valence-electron chi connectivity index (χ2n) is 5.63. The number of aliphatic hydroxyl groups excluding tert-OH is 1. The highest BCUT2D eigenvalue weighted by Gasteiger charge is 2.20. The third kappa shape index (κ3) is 4.41. The summed E-state index contributed by atoms with van der Waals surface area (Å²) in [6.45, 7) is 7.65. The van der Waals surface area contributed by atoms with Crippen molar-refractivity contribution >= 4 is 11.6 Å². The summed E-state index contributed by atoms with van der Waals surface area (Å²) in [5, 5.41) is 12.9. The van der Waals surface area contributed by atoms with E-state index >= 15 is 0 Å². The maximum Gasteiger partial charge on any atom is 0.221 e. The number of rotatable bonds is 6. The standard InChI is InChI=1S/C17H24N2O2/c1-3-4-7-15(21)12-19-10-9-16-14(11-19)6-5-8-17(16)18-13(2)20/h3,5-6,8,15,21H,1,4,7,9-12H2,2H3,(H,18,20). The van der Waals surface area contributed by atoms with Crippen molar-refractivity contribution in [3.63, 3.8) is 0 Å². The molecule has 0 aliphatic carbocycles. The van der Waals surface area contributed by atoms with Gasteiger partial charge in [0, 0.05) is 32.2 Å². The van der Waals surface area contributed by atoms with Crippen molar-refractivity contribution in [2.75, 3.05) is 18.4 Å². The number of β-amino-alcohol motifs (C(OH)–C–C–N with tert-alkyl or cyclic N) is 1. The van der Waals surface area contributed by atoms with Crippen LogP contribution in [0.1, 0.15) is 30.9 Å². The Morgan fingerprint density at radius 3 is 3.10 bits per heavy atom. The van der Waals surface area contributed by atoms with Crippen LogP contribution in [-0.2, 0) is 17.8 Å². The number of anilines is 1. The van der Waals surface area contributed by atoms with Gasteiger partial charge in [0.2, 0.25) is 5.91 Å². The van der Waals surface area contributed by atoms with E-state index in [1.807, 2.05) is 18.2 Å². The van der Waals surface area contributed by atoms with Crippen molar-refractivity contribution in [3.8, 4) is 0 Å². The molecule has 0 aromatic heterocycles. The molecule has 1 unspecified atom stereocenters. The quantitative estimate of drug-likeness (QED) is 0.790. The highest BCUT2D eigenvalue weighted by atomic mass is 16.3. The van der Waals surface area contributed by atoms with Gasteiger partial charge in [-0.3, -0.25) is 9.69 Å². The van der Waals surface area contributed by atoms with Gasteiger partial charge in [0.05, 0.1) is 6.10 Å². The van der Waals surface area contributed by atoms with Crippen molar-refractivity contribution in [1.29, 1.82) is 0 Å². The molecule has 1 aliphatic rings. The maximum atomic E-state index is 11.2. The minimum absolute atomic E-state index is 0.0364. The van der Waals surface area contributed by atoms with Crippen molar-refractivity contribution in [3.05, 3.63) is 42.0 Å². The molecule has 1 aliphatic heterocycles. The predicted molar refractivity (Wildman–Crippen MR) is 85.2 cm³/mol. The summed E-state index contributed by atoms with van der Waals surface area (Å²) in [7, 11) is 0. The van der Waals surface area contributed by atoms with Crippen LogP contribution in [0.2, 0.25) is 0 Å².